The average Bonchev–Trinajstić information content (AvgIpc) is 2.50. The van der Waals surface area contributed by atoms with Crippen LogP contribution in [-0.4, -0.2) is 23.7 Å². The van der Waals surface area contributed by atoms with Crippen molar-refractivity contribution in [2.45, 2.75) is 55.5 Å². The first kappa shape index (κ1) is 20.1. The summed E-state index contributed by atoms with van der Waals surface area (Å²) in [4.78, 5) is 13.5. The number of hydrogen-bond donors (Lipinski definition) is 2. The van der Waals surface area contributed by atoms with E-state index >= 15 is 0 Å². The lowest BCUT2D eigenvalue weighted by Crippen LogP contribution is -2.53. The molecule has 0 heterocycles. The molecule has 1 aromatic rings. The fourth-order valence-corrected chi connectivity index (χ4v) is 5.19. The Morgan fingerprint density at radius 1 is 1.21 bits per heavy atom. The van der Waals surface area contributed by atoms with E-state index in [9.17, 15) is 4.79 Å². The fraction of sp³-hybridized carbons (Fsp3) is 0.611. The Labute approximate surface area is 163 Å². The molecule has 0 radical (unpaired) electrons. The number of fused-ring (bicyclic) bond motifs is 2. The van der Waals surface area contributed by atoms with Gasteiger partial charge in [-0.3, -0.25) is 4.79 Å². The molecule has 0 aromatic heterocycles. The van der Waals surface area contributed by atoms with Crippen LogP contribution in [0.15, 0.2) is 33.6 Å². The van der Waals surface area contributed by atoms with Gasteiger partial charge in [-0.2, -0.15) is 0 Å². The Kier molecular flexibility index (Phi) is 7.92. The number of benzene rings is 1. The van der Waals surface area contributed by atoms with Crippen LogP contribution >= 0.6 is 40.1 Å². The Morgan fingerprint density at radius 2 is 1.83 bits per heavy atom. The number of amides is 1. The fourth-order valence-electron chi connectivity index (χ4n) is 4.08. The predicted octanol–water partition coefficient (Wildman–Crippen LogP) is 4.38. The zero-order valence-corrected chi connectivity index (χ0v) is 17.0. The minimum absolute atomic E-state index is 0. The summed E-state index contributed by atoms with van der Waals surface area (Å²) in [5, 5.41) is 3.32. The van der Waals surface area contributed by atoms with E-state index < -0.39 is 0 Å². The molecular weight excluding hydrogens is 408 g/mol. The molecule has 2 fully saturated rings. The highest BCUT2D eigenvalue weighted by Crippen LogP contribution is 2.39. The minimum atomic E-state index is 0. The summed E-state index contributed by atoms with van der Waals surface area (Å²) in [5.74, 6) is 2.22. The van der Waals surface area contributed by atoms with Crippen LogP contribution in [0.3, 0.4) is 0 Å². The van der Waals surface area contributed by atoms with Crippen LogP contribution in [-0.2, 0) is 4.79 Å². The van der Waals surface area contributed by atoms with Crippen LogP contribution in [0.1, 0.15) is 38.5 Å². The van der Waals surface area contributed by atoms with Gasteiger partial charge in [-0.15, -0.1) is 24.2 Å². The second-order valence-electron chi connectivity index (χ2n) is 6.83. The third-order valence-electron chi connectivity index (χ3n) is 5.12. The molecule has 2 aliphatic rings. The van der Waals surface area contributed by atoms with Crippen LogP contribution in [0.25, 0.3) is 0 Å². The van der Waals surface area contributed by atoms with Crippen molar-refractivity contribution in [2.75, 3.05) is 5.75 Å². The van der Waals surface area contributed by atoms with E-state index in [1.165, 1.54) is 24.2 Å². The zero-order valence-electron chi connectivity index (χ0n) is 13.7. The molecule has 2 bridgehead atoms. The van der Waals surface area contributed by atoms with E-state index in [2.05, 4.69) is 33.4 Å². The van der Waals surface area contributed by atoms with E-state index in [1.54, 1.807) is 11.8 Å². The third kappa shape index (κ3) is 5.38. The molecule has 0 saturated heterocycles. The standard InChI is InChI=1S/C18H25BrN2OS.ClH/c19-14-4-6-16(7-5-14)23-9-8-17(22)21-18-12-2-1-3-13(18)11-15(20)10-12;/h4-7,12-13,15,18H,1-3,8-11,20H2,(H,21,22);1H. The van der Waals surface area contributed by atoms with Crippen LogP contribution in [0.2, 0.25) is 0 Å². The minimum Gasteiger partial charge on any atom is -0.353 e. The lowest BCUT2D eigenvalue weighted by Gasteiger charge is -2.45. The molecular formula is C18H26BrClN2OS. The number of rotatable bonds is 5. The highest BCUT2D eigenvalue weighted by molar-refractivity contribution is 9.10. The Balaban J connectivity index is 0.00000208. The molecule has 24 heavy (non-hydrogen) atoms. The van der Waals surface area contributed by atoms with E-state index in [1.807, 2.05) is 12.1 Å². The summed E-state index contributed by atoms with van der Waals surface area (Å²) in [5.41, 5.74) is 6.15. The summed E-state index contributed by atoms with van der Waals surface area (Å²) >= 11 is 5.18. The van der Waals surface area contributed by atoms with Gasteiger partial charge < -0.3 is 11.1 Å². The van der Waals surface area contributed by atoms with Gasteiger partial charge in [-0.05, 0) is 61.8 Å². The Bertz CT molecular complexity index is 528. The quantitative estimate of drug-likeness (QED) is 0.678. The molecule has 3 nitrogen and oxygen atoms in total. The van der Waals surface area contributed by atoms with Gasteiger partial charge in [0.2, 0.25) is 5.91 Å². The van der Waals surface area contributed by atoms with Crippen LogP contribution < -0.4 is 11.1 Å². The summed E-state index contributed by atoms with van der Waals surface area (Å²) in [6.45, 7) is 0. The van der Waals surface area contributed by atoms with Crippen molar-refractivity contribution in [1.82, 2.24) is 5.32 Å². The number of hydrogen-bond acceptors (Lipinski definition) is 3. The number of halogens is 2. The average molecular weight is 434 g/mol. The second-order valence-corrected chi connectivity index (χ2v) is 8.91. The number of nitrogens with one attached hydrogen (secondary N) is 1. The maximum absolute atomic E-state index is 12.3. The van der Waals surface area contributed by atoms with Crippen LogP contribution in [0, 0.1) is 11.8 Å². The first-order valence-electron chi connectivity index (χ1n) is 8.55. The largest absolute Gasteiger partial charge is 0.353 e. The smallest absolute Gasteiger partial charge is 0.221 e. The molecule has 0 spiro atoms. The number of nitrogens with two attached hydrogens (primary N) is 1. The maximum Gasteiger partial charge on any atom is 0.221 e. The van der Waals surface area contributed by atoms with Gasteiger partial charge in [0, 0.05) is 33.6 Å². The monoisotopic (exact) mass is 432 g/mol. The highest BCUT2D eigenvalue weighted by atomic mass is 79.9. The summed E-state index contributed by atoms with van der Waals surface area (Å²) in [7, 11) is 0. The maximum atomic E-state index is 12.3. The van der Waals surface area contributed by atoms with Crippen molar-refractivity contribution < 1.29 is 4.79 Å². The van der Waals surface area contributed by atoms with E-state index in [-0.39, 0.29) is 18.3 Å². The second kappa shape index (κ2) is 9.46. The van der Waals surface area contributed by atoms with Gasteiger partial charge in [-0.1, -0.05) is 22.4 Å². The summed E-state index contributed by atoms with van der Waals surface area (Å²) in [6.07, 6.45) is 6.49. The number of thioether (sulfide) groups is 1. The first-order chi connectivity index (χ1) is 11.1. The molecule has 3 N–H and O–H groups in total. The molecule has 1 amide bonds. The highest BCUT2D eigenvalue weighted by Gasteiger charge is 2.39. The van der Waals surface area contributed by atoms with Crippen LogP contribution in [0.4, 0.5) is 0 Å². The van der Waals surface area contributed by atoms with Gasteiger partial charge >= 0.3 is 0 Å². The molecule has 2 unspecified atom stereocenters. The van der Waals surface area contributed by atoms with Gasteiger partial charge in [0.15, 0.2) is 0 Å². The van der Waals surface area contributed by atoms with Crippen molar-refractivity contribution in [2.24, 2.45) is 17.6 Å². The van der Waals surface area contributed by atoms with Crippen molar-refractivity contribution in [1.29, 1.82) is 0 Å². The molecule has 2 atom stereocenters. The molecule has 1 aromatic carbocycles. The Hall–Kier alpha value is -0.230. The van der Waals surface area contributed by atoms with Crippen LogP contribution in [0.5, 0.6) is 0 Å². The third-order valence-corrected chi connectivity index (χ3v) is 6.66. The van der Waals surface area contributed by atoms with E-state index in [0.717, 1.165) is 23.1 Å². The summed E-state index contributed by atoms with van der Waals surface area (Å²) < 4.78 is 1.08. The van der Waals surface area contributed by atoms with Crippen molar-refractivity contribution in [3.05, 3.63) is 28.7 Å². The predicted molar refractivity (Wildman–Crippen MR) is 107 cm³/mol. The summed E-state index contributed by atoms with van der Waals surface area (Å²) in [6, 6.07) is 8.95. The lowest BCUT2D eigenvalue weighted by atomic mass is 9.67. The lowest BCUT2D eigenvalue weighted by molar-refractivity contribution is -0.123. The molecule has 3 rings (SSSR count). The SMILES string of the molecule is Cl.NC1CC2CCCC(C1)C2NC(=O)CCSc1ccc(Br)cc1. The first-order valence-corrected chi connectivity index (χ1v) is 10.3. The van der Waals surface area contributed by atoms with Crippen molar-refractivity contribution >= 4 is 46.0 Å². The Morgan fingerprint density at radius 3 is 2.46 bits per heavy atom. The van der Waals surface area contributed by atoms with Gasteiger partial charge in [0.1, 0.15) is 0 Å². The van der Waals surface area contributed by atoms with Crippen molar-refractivity contribution in [3.63, 3.8) is 0 Å². The van der Waals surface area contributed by atoms with Gasteiger partial charge in [0.25, 0.3) is 0 Å². The molecule has 0 aliphatic heterocycles. The molecule has 2 aliphatic carbocycles. The van der Waals surface area contributed by atoms with Gasteiger partial charge in [-0.25, -0.2) is 0 Å². The molecule has 134 valence electrons. The number of carbonyl (C=O) groups excluding carboxylic acids is 1. The number of carbonyl (C=O) groups is 1. The van der Waals surface area contributed by atoms with E-state index in [4.69, 9.17) is 5.73 Å². The van der Waals surface area contributed by atoms with Crippen molar-refractivity contribution in [3.8, 4) is 0 Å². The normalized spacial score (nSPS) is 28.8. The molecule has 2 saturated carbocycles. The zero-order chi connectivity index (χ0) is 16.2. The van der Waals surface area contributed by atoms with Gasteiger partial charge in [0.05, 0.1) is 0 Å². The topological polar surface area (TPSA) is 55.1 Å². The van der Waals surface area contributed by atoms with E-state index in [0.29, 0.717) is 30.3 Å². The molecule has 6 heteroatoms.